The summed E-state index contributed by atoms with van der Waals surface area (Å²) < 4.78 is 9.52. The van der Waals surface area contributed by atoms with Crippen LogP contribution in [0.3, 0.4) is 0 Å². The van der Waals surface area contributed by atoms with Crippen molar-refractivity contribution in [1.29, 1.82) is 0 Å². The fourth-order valence-electron chi connectivity index (χ4n) is 2.37. The van der Waals surface area contributed by atoms with Gasteiger partial charge in [0, 0.05) is 11.5 Å². The van der Waals surface area contributed by atoms with Crippen LogP contribution < -0.4 is 5.73 Å². The number of carboxylic acid groups (broad SMARTS) is 2. The van der Waals surface area contributed by atoms with Crippen LogP contribution in [-0.2, 0) is 19.1 Å². The van der Waals surface area contributed by atoms with E-state index in [-0.39, 0.29) is 11.1 Å². The number of aliphatic carboxylic acids is 2. The van der Waals surface area contributed by atoms with E-state index >= 15 is 0 Å². The molecule has 0 fully saturated rings. The molecule has 0 spiro atoms. The van der Waals surface area contributed by atoms with Crippen molar-refractivity contribution in [2.45, 2.75) is 25.0 Å². The molecule has 0 aliphatic heterocycles. The third-order valence-electron chi connectivity index (χ3n) is 4.02. The molecule has 2 aromatic carbocycles. The van der Waals surface area contributed by atoms with Gasteiger partial charge < -0.3 is 25.4 Å². The number of ether oxygens (including phenoxy) is 2. The van der Waals surface area contributed by atoms with Crippen LogP contribution in [-0.4, -0.2) is 59.4 Å². The van der Waals surface area contributed by atoms with Gasteiger partial charge in [-0.05, 0) is 49.2 Å². The third kappa shape index (κ3) is 9.81. The van der Waals surface area contributed by atoms with Gasteiger partial charge in [0.25, 0.3) is 0 Å². The second kappa shape index (κ2) is 15.4. The monoisotopic (exact) mass is 472 g/mol. The number of unbranched alkanes of at least 4 members (excludes halogenated alkanes) is 1. The first kappa shape index (κ1) is 27.6. The highest BCUT2D eigenvalue weighted by Crippen LogP contribution is 2.13. The maximum Gasteiger partial charge on any atom is 0.349 e. The van der Waals surface area contributed by atoms with Gasteiger partial charge in [-0.2, -0.15) is 0 Å². The predicted octanol–water partition coefficient (Wildman–Crippen LogP) is 2.64. The summed E-state index contributed by atoms with van der Waals surface area (Å²) in [4.78, 5) is 49.4. The number of nitrogens with two attached hydrogens (primary N) is 1. The Hall–Kier alpha value is -4.41. The average molecular weight is 472 g/mol. The quantitative estimate of drug-likeness (QED) is 0.144. The van der Waals surface area contributed by atoms with Gasteiger partial charge >= 0.3 is 23.9 Å². The molecule has 34 heavy (non-hydrogen) atoms. The normalized spacial score (nSPS) is 11.4. The van der Waals surface area contributed by atoms with Crippen LogP contribution in [0.15, 0.2) is 65.8 Å². The largest absolute Gasteiger partial charge is 0.478 e. The minimum Gasteiger partial charge on any atom is -0.478 e. The minimum atomic E-state index is -2.21. The van der Waals surface area contributed by atoms with E-state index in [4.69, 9.17) is 20.7 Å². The maximum absolute atomic E-state index is 12.0. The molecular weight excluding hydrogens is 448 g/mol. The van der Waals surface area contributed by atoms with Crippen LogP contribution in [0.5, 0.6) is 0 Å². The highest BCUT2D eigenvalue weighted by Gasteiger charge is 2.40. The van der Waals surface area contributed by atoms with Gasteiger partial charge in [-0.3, -0.25) is 0 Å². The molecule has 0 bridgehead atoms. The summed E-state index contributed by atoms with van der Waals surface area (Å²) in [6, 6.07) is 14.8. The Labute approximate surface area is 194 Å². The zero-order chi connectivity index (χ0) is 25.3. The number of benzene rings is 2. The molecule has 2 aromatic rings. The number of rotatable bonds is 11. The van der Waals surface area contributed by atoms with Gasteiger partial charge in [0.1, 0.15) is 0 Å². The second-order valence-electron chi connectivity index (χ2n) is 6.51. The summed E-state index contributed by atoms with van der Waals surface area (Å²) in [5, 5.41) is 21.8. The third-order valence-corrected chi connectivity index (χ3v) is 4.02. The number of esters is 2. The number of carbonyl (C=O) groups excluding carboxylic acids is 2. The van der Waals surface area contributed by atoms with Crippen LogP contribution >= 0.6 is 0 Å². The summed E-state index contributed by atoms with van der Waals surface area (Å²) in [5.41, 5.74) is 13.0. The molecule has 0 radical (unpaired) electrons. The number of carboxylic acids is 2. The molecule has 4 N–H and O–H groups in total. The standard InChI is InChI=1S/C18H14O8.C4H10N4/c19-15(20)13(25-17(23)11-7-3-1-4-8-11)14(16(21)22)26-18(24)12-9-5-2-6-10-12;5-3-1-2-4-7-8-6/h1-10,13-14H,(H,19,20)(H,21,22);1-5H2/t13-,14-;/m1./s1. The van der Waals surface area contributed by atoms with Crippen LogP contribution in [0.1, 0.15) is 33.6 Å². The zero-order valence-corrected chi connectivity index (χ0v) is 18.0. The Morgan fingerprint density at radius 1 is 0.824 bits per heavy atom. The number of azide groups is 1. The van der Waals surface area contributed by atoms with E-state index in [2.05, 4.69) is 10.0 Å². The summed E-state index contributed by atoms with van der Waals surface area (Å²) in [7, 11) is 0. The lowest BCUT2D eigenvalue weighted by Gasteiger charge is -2.21. The molecule has 0 saturated heterocycles. The van der Waals surface area contributed by atoms with Crippen LogP contribution in [0.2, 0.25) is 0 Å². The van der Waals surface area contributed by atoms with E-state index in [0.717, 1.165) is 12.8 Å². The highest BCUT2D eigenvalue weighted by atomic mass is 16.6. The Bertz CT molecular complexity index is 925. The molecule has 2 rings (SSSR count). The molecule has 0 saturated carbocycles. The minimum absolute atomic E-state index is 0.0253. The molecule has 0 aliphatic carbocycles. The molecule has 0 aliphatic rings. The smallest absolute Gasteiger partial charge is 0.349 e. The van der Waals surface area contributed by atoms with Gasteiger partial charge in [-0.1, -0.05) is 41.5 Å². The van der Waals surface area contributed by atoms with E-state index in [9.17, 15) is 29.4 Å². The van der Waals surface area contributed by atoms with E-state index in [0.29, 0.717) is 13.1 Å². The molecule has 0 unspecified atom stereocenters. The van der Waals surface area contributed by atoms with Crippen LogP contribution in [0.25, 0.3) is 10.4 Å². The van der Waals surface area contributed by atoms with Crippen LogP contribution in [0.4, 0.5) is 0 Å². The lowest BCUT2D eigenvalue weighted by molar-refractivity contribution is -0.166. The van der Waals surface area contributed by atoms with Crippen molar-refractivity contribution in [2.75, 3.05) is 13.1 Å². The summed E-state index contributed by atoms with van der Waals surface area (Å²) in [6.07, 6.45) is -2.58. The summed E-state index contributed by atoms with van der Waals surface area (Å²) in [5.74, 6) is -5.63. The molecule has 12 heteroatoms. The Morgan fingerprint density at radius 3 is 1.56 bits per heavy atom. The summed E-state index contributed by atoms with van der Waals surface area (Å²) >= 11 is 0. The molecule has 12 nitrogen and oxygen atoms in total. The SMILES string of the molecule is O=C(O[C@@H](C(=O)O)[C@@H](OC(=O)c1ccccc1)C(=O)O)c1ccccc1.[N-]=[N+]=NCCCCN. The van der Waals surface area contributed by atoms with Crippen molar-refractivity contribution in [2.24, 2.45) is 10.8 Å². The first-order valence-electron chi connectivity index (χ1n) is 10.00. The van der Waals surface area contributed by atoms with Gasteiger partial charge in [0.2, 0.25) is 12.2 Å². The number of nitrogens with zero attached hydrogens (tertiary/aromatic N) is 3. The van der Waals surface area contributed by atoms with E-state index in [1.54, 1.807) is 12.1 Å². The predicted molar refractivity (Wildman–Crippen MR) is 119 cm³/mol. The van der Waals surface area contributed by atoms with Crippen molar-refractivity contribution in [3.63, 3.8) is 0 Å². The van der Waals surface area contributed by atoms with E-state index < -0.39 is 36.1 Å². The van der Waals surface area contributed by atoms with Crippen LogP contribution in [0, 0.1) is 0 Å². The van der Waals surface area contributed by atoms with Crippen molar-refractivity contribution < 1.29 is 38.9 Å². The average Bonchev–Trinajstić information content (AvgIpc) is 2.85. The lowest BCUT2D eigenvalue weighted by Crippen LogP contribution is -2.45. The number of hydrogen-bond acceptors (Lipinski definition) is 8. The second-order valence-corrected chi connectivity index (χ2v) is 6.51. The van der Waals surface area contributed by atoms with Gasteiger partial charge in [-0.15, -0.1) is 0 Å². The molecule has 0 aromatic heterocycles. The van der Waals surface area contributed by atoms with E-state index in [1.807, 2.05) is 0 Å². The first-order chi connectivity index (χ1) is 16.3. The van der Waals surface area contributed by atoms with E-state index in [1.165, 1.54) is 48.5 Å². The first-order valence-corrected chi connectivity index (χ1v) is 10.00. The molecule has 2 atom stereocenters. The summed E-state index contributed by atoms with van der Waals surface area (Å²) in [6.45, 7) is 1.26. The van der Waals surface area contributed by atoms with Gasteiger partial charge in [0.05, 0.1) is 11.1 Å². The molecule has 0 amide bonds. The molecule has 180 valence electrons. The fraction of sp³-hybridized carbons (Fsp3) is 0.273. The Balaban J connectivity index is 0.000000620. The van der Waals surface area contributed by atoms with Crippen molar-refractivity contribution in [3.05, 3.63) is 82.2 Å². The Morgan fingerprint density at radius 2 is 1.24 bits per heavy atom. The van der Waals surface area contributed by atoms with Crippen molar-refractivity contribution >= 4 is 23.9 Å². The maximum atomic E-state index is 12.0. The van der Waals surface area contributed by atoms with Crippen molar-refractivity contribution in [1.82, 2.24) is 0 Å². The van der Waals surface area contributed by atoms with Gasteiger partial charge in [0.15, 0.2) is 0 Å². The highest BCUT2D eigenvalue weighted by molar-refractivity contribution is 5.95. The lowest BCUT2D eigenvalue weighted by atomic mass is 10.1. The Kier molecular flexibility index (Phi) is 12.5. The molecular formula is C22H24N4O8. The number of carbonyl (C=O) groups is 4. The number of hydrogen-bond donors (Lipinski definition) is 3. The zero-order valence-electron chi connectivity index (χ0n) is 18.0. The van der Waals surface area contributed by atoms with Crippen molar-refractivity contribution in [3.8, 4) is 0 Å². The van der Waals surface area contributed by atoms with Gasteiger partial charge in [-0.25, -0.2) is 19.2 Å². The molecule has 0 heterocycles. The topological polar surface area (TPSA) is 202 Å². The fourth-order valence-corrected chi connectivity index (χ4v) is 2.37.